The largest absolute Gasteiger partial charge is 0.345 e. The van der Waals surface area contributed by atoms with Gasteiger partial charge in [-0.2, -0.15) is 5.10 Å². The molecular formula is C23H21Cl2N5O. The number of imidazole rings is 1. The first kappa shape index (κ1) is 20.1. The predicted molar refractivity (Wildman–Crippen MR) is 122 cm³/mol. The maximum atomic E-state index is 13.1. The lowest BCUT2D eigenvalue weighted by Gasteiger charge is -2.11. The average molecular weight is 454 g/mol. The lowest BCUT2D eigenvalue weighted by Crippen LogP contribution is -2.25. The summed E-state index contributed by atoms with van der Waals surface area (Å²) in [6.45, 7) is 3.20. The van der Waals surface area contributed by atoms with E-state index in [4.69, 9.17) is 23.2 Å². The molecule has 0 aliphatic heterocycles. The standard InChI is InChI=1S/C23H21Cl2N5O/c1-2-29-20-6-4-3-5-18(20)28-21(29)13-26-23(31)16-12-27-30(22(16)14-7-8-14)19-10-9-15(24)11-17(19)25/h3-6,9-12,14H,2,7-8,13H2,1H3,(H,26,31). The van der Waals surface area contributed by atoms with E-state index in [1.165, 1.54) is 0 Å². The number of halogens is 2. The summed E-state index contributed by atoms with van der Waals surface area (Å²) in [4.78, 5) is 17.8. The van der Waals surface area contributed by atoms with Gasteiger partial charge in [0.25, 0.3) is 5.91 Å². The first-order chi connectivity index (χ1) is 15.1. The van der Waals surface area contributed by atoms with Crippen LogP contribution in [0.15, 0.2) is 48.7 Å². The molecule has 6 nitrogen and oxygen atoms in total. The third-order valence-corrected chi connectivity index (χ3v) is 6.15. The number of aryl methyl sites for hydroxylation is 1. The van der Waals surface area contributed by atoms with Crippen LogP contribution in [0, 0.1) is 0 Å². The molecule has 31 heavy (non-hydrogen) atoms. The minimum Gasteiger partial charge on any atom is -0.345 e. The van der Waals surface area contributed by atoms with E-state index in [2.05, 4.69) is 26.9 Å². The molecule has 8 heteroatoms. The molecule has 0 bridgehead atoms. The van der Waals surface area contributed by atoms with E-state index in [0.29, 0.717) is 28.1 Å². The molecule has 5 rings (SSSR count). The van der Waals surface area contributed by atoms with E-state index < -0.39 is 0 Å². The van der Waals surface area contributed by atoms with Crippen molar-refractivity contribution in [2.45, 2.75) is 38.8 Å². The minimum absolute atomic E-state index is 0.159. The summed E-state index contributed by atoms with van der Waals surface area (Å²) >= 11 is 12.4. The number of aromatic nitrogens is 4. The van der Waals surface area contributed by atoms with Crippen molar-refractivity contribution >= 4 is 40.1 Å². The van der Waals surface area contributed by atoms with Crippen molar-refractivity contribution in [1.29, 1.82) is 0 Å². The summed E-state index contributed by atoms with van der Waals surface area (Å²) in [5.74, 6) is 0.973. The summed E-state index contributed by atoms with van der Waals surface area (Å²) in [7, 11) is 0. The van der Waals surface area contributed by atoms with Crippen LogP contribution in [0.2, 0.25) is 10.0 Å². The average Bonchev–Trinajstić information content (AvgIpc) is 3.40. The van der Waals surface area contributed by atoms with Gasteiger partial charge in [-0.05, 0) is 50.1 Å². The molecule has 1 N–H and O–H groups in total. The smallest absolute Gasteiger partial charge is 0.255 e. The van der Waals surface area contributed by atoms with E-state index in [1.807, 2.05) is 30.3 Å². The van der Waals surface area contributed by atoms with Crippen LogP contribution in [0.25, 0.3) is 16.7 Å². The Labute approximate surface area is 189 Å². The van der Waals surface area contributed by atoms with Crippen molar-refractivity contribution in [3.63, 3.8) is 0 Å². The Balaban J connectivity index is 1.43. The van der Waals surface area contributed by atoms with E-state index in [9.17, 15) is 4.79 Å². The van der Waals surface area contributed by atoms with Gasteiger partial charge in [0.2, 0.25) is 0 Å². The monoisotopic (exact) mass is 453 g/mol. The van der Waals surface area contributed by atoms with E-state index in [-0.39, 0.29) is 5.91 Å². The van der Waals surface area contributed by atoms with Crippen LogP contribution in [0.1, 0.15) is 47.6 Å². The van der Waals surface area contributed by atoms with E-state index >= 15 is 0 Å². The highest BCUT2D eigenvalue weighted by Crippen LogP contribution is 2.43. The Morgan fingerprint density at radius 3 is 2.74 bits per heavy atom. The van der Waals surface area contributed by atoms with Gasteiger partial charge in [0, 0.05) is 17.5 Å². The summed E-state index contributed by atoms with van der Waals surface area (Å²) in [6, 6.07) is 13.3. The van der Waals surface area contributed by atoms with Crippen molar-refractivity contribution in [3.8, 4) is 5.69 Å². The molecule has 2 aromatic heterocycles. The summed E-state index contributed by atoms with van der Waals surface area (Å²) in [5, 5.41) is 8.58. The number of fused-ring (bicyclic) bond motifs is 1. The fourth-order valence-corrected chi connectivity index (χ4v) is 4.48. The van der Waals surface area contributed by atoms with Crippen LogP contribution in [-0.2, 0) is 13.1 Å². The van der Waals surface area contributed by atoms with Gasteiger partial charge in [0.05, 0.1) is 45.7 Å². The Kier molecular flexibility index (Phi) is 5.20. The molecule has 1 amide bonds. The fraction of sp³-hybridized carbons (Fsp3) is 0.261. The number of nitrogens with one attached hydrogen (secondary N) is 1. The van der Waals surface area contributed by atoms with Crippen LogP contribution >= 0.6 is 23.2 Å². The Bertz CT molecular complexity index is 1290. The zero-order valence-corrected chi connectivity index (χ0v) is 18.5. The third kappa shape index (κ3) is 3.70. The number of hydrogen-bond donors (Lipinski definition) is 1. The second-order valence-corrected chi connectivity index (χ2v) is 8.51. The summed E-state index contributed by atoms with van der Waals surface area (Å²) in [5.41, 5.74) is 4.19. The number of rotatable bonds is 6. The lowest BCUT2D eigenvalue weighted by atomic mass is 10.1. The van der Waals surface area contributed by atoms with Gasteiger partial charge in [0.1, 0.15) is 5.82 Å². The number of carbonyl (C=O) groups excluding carboxylic acids is 1. The zero-order valence-electron chi connectivity index (χ0n) is 17.0. The first-order valence-electron chi connectivity index (χ1n) is 10.3. The molecule has 2 heterocycles. The van der Waals surface area contributed by atoms with Gasteiger partial charge in [0.15, 0.2) is 0 Å². The SMILES string of the molecule is CCn1c(CNC(=O)c2cnn(-c3ccc(Cl)cc3Cl)c2C2CC2)nc2ccccc21. The molecule has 1 saturated carbocycles. The van der Waals surface area contributed by atoms with Crippen LogP contribution in [-0.4, -0.2) is 25.2 Å². The summed E-state index contributed by atoms with van der Waals surface area (Å²) in [6.07, 6.45) is 3.68. The van der Waals surface area contributed by atoms with E-state index in [0.717, 1.165) is 47.6 Å². The predicted octanol–water partition coefficient (Wildman–Crippen LogP) is 5.36. The molecule has 158 valence electrons. The highest BCUT2D eigenvalue weighted by molar-refractivity contribution is 6.35. The molecule has 4 aromatic rings. The number of carbonyl (C=O) groups is 1. The summed E-state index contributed by atoms with van der Waals surface area (Å²) < 4.78 is 3.89. The number of nitrogens with zero attached hydrogens (tertiary/aromatic N) is 4. The molecule has 0 saturated heterocycles. The minimum atomic E-state index is -0.159. The molecule has 1 aliphatic rings. The van der Waals surface area contributed by atoms with Gasteiger partial charge in [-0.1, -0.05) is 35.3 Å². The molecular weight excluding hydrogens is 433 g/mol. The molecule has 2 aromatic carbocycles. The molecule has 0 unspecified atom stereocenters. The van der Waals surface area contributed by atoms with Crippen molar-refractivity contribution in [1.82, 2.24) is 24.6 Å². The molecule has 0 radical (unpaired) electrons. The van der Waals surface area contributed by atoms with Crippen molar-refractivity contribution in [3.05, 3.63) is 75.8 Å². The maximum absolute atomic E-state index is 13.1. The first-order valence-corrected chi connectivity index (χ1v) is 11.1. The Hall–Kier alpha value is -2.83. The second kappa shape index (κ2) is 8.02. The number of hydrogen-bond acceptors (Lipinski definition) is 3. The molecule has 0 atom stereocenters. The highest BCUT2D eigenvalue weighted by atomic mass is 35.5. The van der Waals surface area contributed by atoms with Crippen molar-refractivity contribution < 1.29 is 4.79 Å². The third-order valence-electron chi connectivity index (χ3n) is 5.61. The zero-order chi connectivity index (χ0) is 21.5. The van der Waals surface area contributed by atoms with Crippen LogP contribution in [0.3, 0.4) is 0 Å². The topological polar surface area (TPSA) is 64.7 Å². The van der Waals surface area contributed by atoms with Gasteiger partial charge >= 0.3 is 0 Å². The Morgan fingerprint density at radius 1 is 1.19 bits per heavy atom. The lowest BCUT2D eigenvalue weighted by molar-refractivity contribution is 0.0948. The second-order valence-electron chi connectivity index (χ2n) is 7.67. The van der Waals surface area contributed by atoms with Crippen LogP contribution < -0.4 is 5.32 Å². The quantitative estimate of drug-likeness (QED) is 0.427. The van der Waals surface area contributed by atoms with Gasteiger partial charge in [-0.3, -0.25) is 4.79 Å². The highest BCUT2D eigenvalue weighted by Gasteiger charge is 2.33. The maximum Gasteiger partial charge on any atom is 0.255 e. The van der Waals surface area contributed by atoms with Crippen LogP contribution in [0.5, 0.6) is 0 Å². The Morgan fingerprint density at radius 2 is 2.00 bits per heavy atom. The number of benzene rings is 2. The van der Waals surface area contributed by atoms with E-state index in [1.54, 1.807) is 23.0 Å². The fourth-order valence-electron chi connectivity index (χ4n) is 4.00. The molecule has 1 aliphatic carbocycles. The van der Waals surface area contributed by atoms with Crippen LogP contribution in [0.4, 0.5) is 0 Å². The van der Waals surface area contributed by atoms with Crippen molar-refractivity contribution in [2.75, 3.05) is 0 Å². The number of amides is 1. The van der Waals surface area contributed by atoms with Crippen molar-refractivity contribution in [2.24, 2.45) is 0 Å². The molecule has 0 spiro atoms. The normalized spacial score (nSPS) is 13.6. The van der Waals surface area contributed by atoms with Gasteiger partial charge < -0.3 is 9.88 Å². The van der Waals surface area contributed by atoms with Gasteiger partial charge in [-0.25, -0.2) is 9.67 Å². The molecule has 1 fully saturated rings. The van der Waals surface area contributed by atoms with Gasteiger partial charge in [-0.15, -0.1) is 0 Å². The number of para-hydroxylation sites is 2.